The molecule has 0 aromatic carbocycles. The number of ether oxygens (including phenoxy) is 1. The summed E-state index contributed by atoms with van der Waals surface area (Å²) in [6.45, 7) is 3.66. The molecule has 0 saturated carbocycles. The van der Waals surface area contributed by atoms with Gasteiger partial charge in [0.2, 0.25) is 5.91 Å². The summed E-state index contributed by atoms with van der Waals surface area (Å²) >= 11 is 0. The Kier molecular flexibility index (Phi) is 4.36. The monoisotopic (exact) mass is 338 g/mol. The molecule has 2 aromatic heterocycles. The van der Waals surface area contributed by atoms with Crippen LogP contribution in [0.5, 0.6) is 5.75 Å². The van der Waals surface area contributed by atoms with E-state index in [9.17, 15) is 4.79 Å². The van der Waals surface area contributed by atoms with E-state index in [1.807, 2.05) is 36.5 Å². The van der Waals surface area contributed by atoms with Crippen LogP contribution in [0.4, 0.5) is 0 Å². The van der Waals surface area contributed by atoms with Gasteiger partial charge in [0.25, 0.3) is 0 Å². The number of rotatable bonds is 5. The van der Waals surface area contributed by atoms with Crippen molar-refractivity contribution in [1.29, 1.82) is 0 Å². The summed E-state index contributed by atoms with van der Waals surface area (Å²) < 4.78 is 5.89. The van der Waals surface area contributed by atoms with Crippen molar-refractivity contribution in [2.45, 2.75) is 13.0 Å². The molecule has 0 unspecified atom stereocenters. The van der Waals surface area contributed by atoms with Crippen LogP contribution >= 0.6 is 0 Å². The van der Waals surface area contributed by atoms with Crippen LogP contribution in [0.15, 0.2) is 48.9 Å². The lowest BCUT2D eigenvalue weighted by Gasteiger charge is -2.28. The highest BCUT2D eigenvalue weighted by atomic mass is 16.5. The molecule has 0 aliphatic carbocycles. The summed E-state index contributed by atoms with van der Waals surface area (Å²) in [5.41, 5.74) is 0.692. The molecule has 0 radical (unpaired) electrons. The van der Waals surface area contributed by atoms with Crippen molar-refractivity contribution in [3.05, 3.63) is 54.6 Å². The molecule has 4 rings (SSSR count). The van der Waals surface area contributed by atoms with Crippen molar-refractivity contribution < 1.29 is 9.53 Å². The van der Waals surface area contributed by atoms with Gasteiger partial charge in [-0.25, -0.2) is 0 Å². The highest BCUT2D eigenvalue weighted by molar-refractivity contribution is 5.86. The topological polar surface area (TPSA) is 67.3 Å². The van der Waals surface area contributed by atoms with Gasteiger partial charge in [0.1, 0.15) is 5.75 Å². The average molecular weight is 338 g/mol. The quantitative estimate of drug-likeness (QED) is 0.895. The van der Waals surface area contributed by atoms with Crippen LogP contribution in [0.1, 0.15) is 12.1 Å². The Morgan fingerprint density at radius 2 is 2.24 bits per heavy atom. The number of nitrogens with one attached hydrogen (secondary N) is 1. The smallest absolute Gasteiger partial charge is 0.228 e. The Bertz CT molecular complexity index is 725. The molecule has 130 valence electrons. The van der Waals surface area contributed by atoms with Crippen molar-refractivity contribution in [2.24, 2.45) is 11.3 Å². The van der Waals surface area contributed by atoms with Gasteiger partial charge in [-0.15, -0.1) is 0 Å². The second-order valence-corrected chi connectivity index (χ2v) is 6.84. The molecule has 2 saturated heterocycles. The number of amides is 1. The first-order chi connectivity index (χ1) is 12.3. The predicted octanol–water partition coefficient (Wildman–Crippen LogP) is 1.49. The highest BCUT2D eigenvalue weighted by Crippen LogP contribution is 2.42. The van der Waals surface area contributed by atoms with Gasteiger partial charge in [-0.05, 0) is 37.2 Å². The zero-order valence-electron chi connectivity index (χ0n) is 14.1. The number of aromatic nitrogens is 2. The molecular formula is C19H22N4O2. The number of hydrogen-bond acceptors (Lipinski definition) is 5. The third-order valence-electron chi connectivity index (χ3n) is 5.32. The zero-order chi connectivity index (χ0) is 17.1. The molecule has 2 atom stereocenters. The van der Waals surface area contributed by atoms with Crippen LogP contribution in [0, 0.1) is 11.3 Å². The van der Waals surface area contributed by atoms with E-state index >= 15 is 0 Å². The van der Waals surface area contributed by atoms with Gasteiger partial charge >= 0.3 is 0 Å². The number of pyridine rings is 2. The molecule has 25 heavy (non-hydrogen) atoms. The van der Waals surface area contributed by atoms with Crippen molar-refractivity contribution in [3.8, 4) is 5.75 Å². The Morgan fingerprint density at radius 1 is 1.28 bits per heavy atom. The molecule has 1 amide bonds. The van der Waals surface area contributed by atoms with Gasteiger partial charge < -0.3 is 10.1 Å². The summed E-state index contributed by atoms with van der Waals surface area (Å²) in [5, 5.41) is 3.05. The number of likely N-dealkylation sites (tertiary alicyclic amines) is 1. The van der Waals surface area contributed by atoms with Gasteiger partial charge in [0.05, 0.1) is 23.9 Å². The lowest BCUT2D eigenvalue weighted by Crippen LogP contribution is -2.40. The molecule has 6 nitrogen and oxygen atoms in total. The van der Waals surface area contributed by atoms with Gasteiger partial charge in [-0.3, -0.25) is 19.7 Å². The lowest BCUT2D eigenvalue weighted by atomic mass is 9.77. The van der Waals surface area contributed by atoms with E-state index < -0.39 is 0 Å². The molecular weight excluding hydrogens is 316 g/mol. The Morgan fingerprint density at radius 3 is 3.04 bits per heavy atom. The maximum Gasteiger partial charge on any atom is 0.228 e. The molecule has 6 heteroatoms. The fourth-order valence-electron chi connectivity index (χ4n) is 3.91. The van der Waals surface area contributed by atoms with Crippen molar-refractivity contribution in [2.75, 3.05) is 26.2 Å². The van der Waals surface area contributed by atoms with Gasteiger partial charge in [0.15, 0.2) is 0 Å². The number of carbonyl (C=O) groups excluding carboxylic acids is 1. The first-order valence-corrected chi connectivity index (χ1v) is 8.70. The first kappa shape index (κ1) is 16.0. The Labute approximate surface area is 147 Å². The van der Waals surface area contributed by atoms with Crippen LogP contribution in [0.2, 0.25) is 0 Å². The van der Waals surface area contributed by atoms with Crippen LogP contribution in [0.25, 0.3) is 0 Å². The van der Waals surface area contributed by atoms with Gasteiger partial charge in [-0.2, -0.15) is 0 Å². The maximum atomic E-state index is 12.6. The van der Waals surface area contributed by atoms with Gasteiger partial charge in [0, 0.05) is 37.9 Å². The SMILES string of the molecule is O=C1NC[C@@H](COc2cccnc2)[C@@]12CCN(Cc1ccccn1)C2. The van der Waals surface area contributed by atoms with E-state index in [-0.39, 0.29) is 17.2 Å². The summed E-state index contributed by atoms with van der Waals surface area (Å²) in [6.07, 6.45) is 6.11. The van der Waals surface area contributed by atoms with Crippen LogP contribution in [-0.2, 0) is 11.3 Å². The summed E-state index contributed by atoms with van der Waals surface area (Å²) in [6, 6.07) is 9.70. The average Bonchev–Trinajstić information content (AvgIpc) is 3.20. The number of hydrogen-bond donors (Lipinski definition) is 1. The second kappa shape index (κ2) is 6.80. The molecule has 0 bridgehead atoms. The van der Waals surface area contributed by atoms with E-state index in [0.29, 0.717) is 13.2 Å². The molecule has 2 aromatic rings. The molecule has 4 heterocycles. The number of carbonyl (C=O) groups is 1. The van der Waals surface area contributed by atoms with Crippen LogP contribution in [0.3, 0.4) is 0 Å². The summed E-state index contributed by atoms with van der Waals surface area (Å²) in [5.74, 6) is 1.09. The summed E-state index contributed by atoms with van der Waals surface area (Å²) in [4.78, 5) is 23.4. The fourth-order valence-corrected chi connectivity index (χ4v) is 3.91. The highest BCUT2D eigenvalue weighted by Gasteiger charge is 2.54. The standard InChI is InChI=1S/C19H22N4O2/c24-18-19(6-9-23(14-19)12-16-4-1-2-8-21-16)15(10-22-18)13-25-17-5-3-7-20-11-17/h1-5,7-8,11,15H,6,9-10,12-14H2,(H,22,24)/t15-,19-/m0/s1. The maximum absolute atomic E-state index is 12.6. The van der Waals surface area contributed by atoms with Gasteiger partial charge in [-0.1, -0.05) is 6.07 Å². The van der Waals surface area contributed by atoms with Crippen molar-refractivity contribution in [3.63, 3.8) is 0 Å². The molecule has 2 aliphatic rings. The third kappa shape index (κ3) is 3.22. The van der Waals surface area contributed by atoms with E-state index in [4.69, 9.17) is 4.74 Å². The minimum absolute atomic E-state index is 0.163. The Hall–Kier alpha value is -2.47. The molecule has 1 N–H and O–H groups in total. The Balaban J connectivity index is 1.42. The van der Waals surface area contributed by atoms with Crippen LogP contribution < -0.4 is 10.1 Å². The molecule has 2 aliphatic heterocycles. The largest absolute Gasteiger partial charge is 0.492 e. The molecule has 2 fully saturated rings. The summed E-state index contributed by atoms with van der Waals surface area (Å²) in [7, 11) is 0. The normalized spacial score (nSPS) is 26.1. The molecule has 1 spiro atoms. The van der Waals surface area contributed by atoms with E-state index in [0.717, 1.165) is 37.5 Å². The van der Waals surface area contributed by atoms with E-state index in [2.05, 4.69) is 20.2 Å². The second-order valence-electron chi connectivity index (χ2n) is 6.84. The predicted molar refractivity (Wildman–Crippen MR) is 92.8 cm³/mol. The third-order valence-corrected chi connectivity index (χ3v) is 5.32. The minimum atomic E-state index is -0.350. The zero-order valence-corrected chi connectivity index (χ0v) is 14.1. The fraction of sp³-hybridized carbons (Fsp3) is 0.421. The minimum Gasteiger partial charge on any atom is -0.492 e. The number of nitrogens with zero attached hydrogens (tertiary/aromatic N) is 3. The van der Waals surface area contributed by atoms with Crippen molar-refractivity contribution >= 4 is 5.91 Å². The first-order valence-electron chi connectivity index (χ1n) is 8.70. The van der Waals surface area contributed by atoms with E-state index in [1.165, 1.54) is 0 Å². The van der Waals surface area contributed by atoms with Crippen molar-refractivity contribution in [1.82, 2.24) is 20.2 Å². The lowest BCUT2D eigenvalue weighted by molar-refractivity contribution is -0.128. The van der Waals surface area contributed by atoms with E-state index in [1.54, 1.807) is 12.4 Å². The van der Waals surface area contributed by atoms with Crippen LogP contribution in [-0.4, -0.2) is 47.0 Å².